The van der Waals surface area contributed by atoms with Gasteiger partial charge in [0.2, 0.25) is 0 Å². The Labute approximate surface area is 89.6 Å². The van der Waals surface area contributed by atoms with E-state index in [9.17, 15) is 9.59 Å². The Balaban J connectivity index is 2.50. The fourth-order valence-electron chi connectivity index (χ4n) is 1.33. The average Bonchev–Trinajstić information content (AvgIpc) is 2.28. The van der Waals surface area contributed by atoms with E-state index in [0.717, 1.165) is 0 Å². The number of carbonyl (C=O) groups excluding carboxylic acids is 1. The van der Waals surface area contributed by atoms with Crippen LogP contribution in [0.25, 0.3) is 10.8 Å². The number of amides is 2. The summed E-state index contributed by atoms with van der Waals surface area (Å²) in [7, 11) is 0. The molecule has 2 amide bonds. The minimum Gasteiger partial charge on any atom is -0.350 e. The number of H-pyrrole nitrogens is 1. The number of fused-ring (bicyclic) bond motifs is 1. The molecule has 16 heavy (non-hydrogen) atoms. The number of aromatic nitrogens is 2. The van der Waals surface area contributed by atoms with E-state index < -0.39 is 6.03 Å². The summed E-state index contributed by atoms with van der Waals surface area (Å²) in [5.74, 6) is 0.328. The van der Waals surface area contributed by atoms with Gasteiger partial charge in [0.1, 0.15) is 0 Å². The number of benzene rings is 1. The lowest BCUT2D eigenvalue weighted by molar-refractivity contribution is 0.250. The summed E-state index contributed by atoms with van der Waals surface area (Å²) in [6, 6.07) is 6.13. The second-order valence-corrected chi connectivity index (χ2v) is 3.06. The molecular weight excluding hydrogens is 210 g/mol. The second kappa shape index (κ2) is 3.89. The third-order valence-corrected chi connectivity index (χ3v) is 2.00. The maximum Gasteiger partial charge on any atom is 0.330 e. The molecule has 2 aromatic rings. The molecular formula is C9H9N5O2. The van der Waals surface area contributed by atoms with Gasteiger partial charge in [-0.25, -0.2) is 9.89 Å². The molecule has 0 saturated carbocycles. The molecule has 0 atom stereocenters. The summed E-state index contributed by atoms with van der Waals surface area (Å²) < 4.78 is 0. The normalized spacial score (nSPS) is 10.0. The smallest absolute Gasteiger partial charge is 0.330 e. The first-order valence-electron chi connectivity index (χ1n) is 4.47. The minimum absolute atomic E-state index is 0.291. The molecule has 0 spiro atoms. The molecule has 5 N–H and O–H groups in total. The van der Waals surface area contributed by atoms with E-state index in [1.54, 1.807) is 24.3 Å². The molecule has 1 aromatic carbocycles. The molecule has 0 unspecified atom stereocenters. The summed E-state index contributed by atoms with van der Waals surface area (Å²) in [5.41, 5.74) is 9.30. The van der Waals surface area contributed by atoms with Crippen molar-refractivity contribution in [3.05, 3.63) is 34.6 Å². The zero-order valence-electron chi connectivity index (χ0n) is 8.15. The number of hydrogen-bond donors (Lipinski definition) is 4. The number of hydrogen-bond acceptors (Lipinski definition) is 4. The fraction of sp³-hybridized carbons (Fsp3) is 0. The van der Waals surface area contributed by atoms with Gasteiger partial charge in [-0.2, -0.15) is 5.10 Å². The van der Waals surface area contributed by atoms with Crippen LogP contribution in [0.5, 0.6) is 0 Å². The Morgan fingerprint density at radius 3 is 2.69 bits per heavy atom. The van der Waals surface area contributed by atoms with Crippen molar-refractivity contribution in [2.45, 2.75) is 0 Å². The minimum atomic E-state index is -0.739. The van der Waals surface area contributed by atoms with Crippen LogP contribution in [-0.2, 0) is 0 Å². The molecule has 0 aliphatic heterocycles. The number of urea groups is 1. The SMILES string of the molecule is NC(=O)NNc1n[nH]c(=O)c2ccccc12. The molecule has 0 bridgehead atoms. The summed E-state index contributed by atoms with van der Waals surface area (Å²) in [6.45, 7) is 0. The third-order valence-electron chi connectivity index (χ3n) is 2.00. The van der Waals surface area contributed by atoms with E-state index in [1.807, 2.05) is 0 Å². The van der Waals surface area contributed by atoms with Gasteiger partial charge in [0.25, 0.3) is 5.56 Å². The lowest BCUT2D eigenvalue weighted by Gasteiger charge is -2.06. The van der Waals surface area contributed by atoms with Crippen molar-refractivity contribution in [1.29, 1.82) is 0 Å². The molecule has 0 radical (unpaired) electrons. The van der Waals surface area contributed by atoms with E-state index in [0.29, 0.717) is 16.6 Å². The number of anilines is 1. The summed E-state index contributed by atoms with van der Waals surface area (Å²) in [5, 5.41) is 7.14. The summed E-state index contributed by atoms with van der Waals surface area (Å²) >= 11 is 0. The maximum atomic E-state index is 11.4. The summed E-state index contributed by atoms with van der Waals surface area (Å²) in [6.07, 6.45) is 0. The van der Waals surface area contributed by atoms with E-state index >= 15 is 0 Å². The van der Waals surface area contributed by atoms with Crippen LogP contribution in [0.3, 0.4) is 0 Å². The first-order chi connectivity index (χ1) is 7.68. The van der Waals surface area contributed by atoms with Gasteiger partial charge in [-0.3, -0.25) is 15.6 Å². The number of carbonyl (C=O) groups is 1. The number of aromatic amines is 1. The van der Waals surface area contributed by atoms with Crippen LogP contribution in [-0.4, -0.2) is 16.2 Å². The highest BCUT2D eigenvalue weighted by molar-refractivity contribution is 5.91. The van der Waals surface area contributed by atoms with Crippen LogP contribution < -0.4 is 22.1 Å². The van der Waals surface area contributed by atoms with E-state index in [1.165, 1.54) is 0 Å². The average molecular weight is 219 g/mol. The monoisotopic (exact) mass is 219 g/mol. The van der Waals surface area contributed by atoms with Gasteiger partial charge >= 0.3 is 6.03 Å². The van der Waals surface area contributed by atoms with Gasteiger partial charge in [-0.05, 0) is 6.07 Å². The molecule has 0 fully saturated rings. The van der Waals surface area contributed by atoms with E-state index in [-0.39, 0.29) is 5.56 Å². The first-order valence-corrected chi connectivity index (χ1v) is 4.47. The van der Waals surface area contributed by atoms with Crippen molar-refractivity contribution in [3.8, 4) is 0 Å². The Morgan fingerprint density at radius 2 is 2.00 bits per heavy atom. The van der Waals surface area contributed by atoms with Crippen LogP contribution in [0, 0.1) is 0 Å². The predicted molar refractivity (Wildman–Crippen MR) is 58.7 cm³/mol. The fourth-order valence-corrected chi connectivity index (χ4v) is 1.33. The van der Waals surface area contributed by atoms with Crippen LogP contribution >= 0.6 is 0 Å². The lowest BCUT2D eigenvalue weighted by Crippen LogP contribution is -2.35. The van der Waals surface area contributed by atoms with Crippen molar-refractivity contribution in [1.82, 2.24) is 15.6 Å². The Hall–Kier alpha value is -2.57. The van der Waals surface area contributed by atoms with E-state index in [4.69, 9.17) is 5.73 Å². The molecule has 1 heterocycles. The zero-order chi connectivity index (χ0) is 11.5. The second-order valence-electron chi connectivity index (χ2n) is 3.06. The number of nitrogens with one attached hydrogen (secondary N) is 3. The van der Waals surface area contributed by atoms with Crippen LogP contribution in [0.15, 0.2) is 29.1 Å². The van der Waals surface area contributed by atoms with Gasteiger partial charge in [0.05, 0.1) is 5.39 Å². The van der Waals surface area contributed by atoms with Crippen molar-refractivity contribution < 1.29 is 4.79 Å². The Morgan fingerprint density at radius 1 is 1.31 bits per heavy atom. The first kappa shape index (κ1) is 9.97. The van der Waals surface area contributed by atoms with Crippen molar-refractivity contribution in [3.63, 3.8) is 0 Å². The molecule has 0 aliphatic carbocycles. The standard InChI is InChI=1S/C9H9N5O2/c10-9(16)14-12-7-5-3-1-2-4-6(5)8(15)13-11-7/h1-4H,(H,11,12)(H,13,15)(H3,10,14,16). The Bertz CT molecular complexity index is 592. The summed E-state index contributed by atoms with van der Waals surface area (Å²) in [4.78, 5) is 21.9. The van der Waals surface area contributed by atoms with Crippen LogP contribution in [0.1, 0.15) is 0 Å². The van der Waals surface area contributed by atoms with Crippen molar-refractivity contribution >= 4 is 22.6 Å². The molecule has 7 nitrogen and oxygen atoms in total. The van der Waals surface area contributed by atoms with Gasteiger partial charge < -0.3 is 5.73 Å². The maximum absolute atomic E-state index is 11.4. The highest BCUT2D eigenvalue weighted by Crippen LogP contribution is 2.15. The van der Waals surface area contributed by atoms with Gasteiger partial charge in [0, 0.05) is 5.39 Å². The molecule has 2 rings (SSSR count). The van der Waals surface area contributed by atoms with Gasteiger partial charge in [0.15, 0.2) is 5.82 Å². The molecule has 82 valence electrons. The topological polar surface area (TPSA) is 113 Å². The number of hydrazine groups is 1. The highest BCUT2D eigenvalue weighted by Gasteiger charge is 2.05. The van der Waals surface area contributed by atoms with Gasteiger partial charge in [-0.15, -0.1) is 0 Å². The lowest BCUT2D eigenvalue weighted by atomic mass is 10.2. The number of rotatable bonds is 2. The van der Waals surface area contributed by atoms with Gasteiger partial charge in [-0.1, -0.05) is 18.2 Å². The molecule has 0 saturated heterocycles. The van der Waals surface area contributed by atoms with Crippen molar-refractivity contribution in [2.75, 3.05) is 5.43 Å². The zero-order valence-corrected chi connectivity index (χ0v) is 8.15. The molecule has 1 aromatic heterocycles. The number of primary amides is 1. The quantitative estimate of drug-likeness (QED) is 0.529. The third kappa shape index (κ3) is 1.78. The largest absolute Gasteiger partial charge is 0.350 e. The predicted octanol–water partition coefficient (Wildman–Crippen LogP) is -0.0817. The van der Waals surface area contributed by atoms with Crippen LogP contribution in [0.2, 0.25) is 0 Å². The molecule has 0 aliphatic rings. The molecule has 7 heteroatoms. The number of nitrogens with zero attached hydrogens (tertiary/aromatic N) is 1. The van der Waals surface area contributed by atoms with Crippen molar-refractivity contribution in [2.24, 2.45) is 5.73 Å². The van der Waals surface area contributed by atoms with Crippen LogP contribution in [0.4, 0.5) is 10.6 Å². The Kier molecular flexibility index (Phi) is 2.42. The number of nitrogens with two attached hydrogens (primary N) is 1. The van der Waals surface area contributed by atoms with E-state index in [2.05, 4.69) is 21.0 Å². The highest BCUT2D eigenvalue weighted by atomic mass is 16.2.